The van der Waals surface area contributed by atoms with Crippen molar-refractivity contribution in [1.82, 2.24) is 4.90 Å². The van der Waals surface area contributed by atoms with Crippen LogP contribution >= 0.6 is 0 Å². The topological polar surface area (TPSA) is 29.5 Å². The molecule has 0 radical (unpaired) electrons. The van der Waals surface area contributed by atoms with Crippen molar-refractivity contribution in [2.75, 3.05) is 13.6 Å². The maximum absolute atomic E-state index is 11.4. The van der Waals surface area contributed by atoms with Crippen LogP contribution < -0.4 is 0 Å². The van der Waals surface area contributed by atoms with Crippen molar-refractivity contribution >= 4 is 5.97 Å². The SMILES string of the molecule is CN(CCC(=O)OC(C)(C)C)C1CC1. The molecule has 1 aliphatic rings. The Morgan fingerprint density at radius 1 is 1.43 bits per heavy atom. The normalized spacial score (nSPS) is 17.2. The fourth-order valence-electron chi connectivity index (χ4n) is 1.36. The van der Waals surface area contributed by atoms with Gasteiger partial charge in [-0.1, -0.05) is 0 Å². The standard InChI is InChI=1S/C11H21NO2/c1-11(2,3)14-10(13)7-8-12(4)9-5-6-9/h9H,5-8H2,1-4H3. The number of carbonyl (C=O) groups is 1. The fraction of sp³-hybridized carbons (Fsp3) is 0.909. The van der Waals surface area contributed by atoms with E-state index >= 15 is 0 Å². The highest BCUT2D eigenvalue weighted by molar-refractivity contribution is 5.70. The fourth-order valence-corrected chi connectivity index (χ4v) is 1.36. The van der Waals surface area contributed by atoms with E-state index in [2.05, 4.69) is 11.9 Å². The molecule has 0 amide bonds. The summed E-state index contributed by atoms with van der Waals surface area (Å²) in [6.45, 7) is 6.51. The summed E-state index contributed by atoms with van der Waals surface area (Å²) in [5, 5.41) is 0. The van der Waals surface area contributed by atoms with Gasteiger partial charge in [0.2, 0.25) is 0 Å². The molecule has 1 fully saturated rings. The van der Waals surface area contributed by atoms with Crippen LogP contribution in [0.3, 0.4) is 0 Å². The third-order valence-corrected chi connectivity index (χ3v) is 2.26. The highest BCUT2D eigenvalue weighted by atomic mass is 16.6. The second-order valence-corrected chi connectivity index (χ2v) is 5.05. The van der Waals surface area contributed by atoms with Crippen LogP contribution in [0, 0.1) is 0 Å². The van der Waals surface area contributed by atoms with Crippen molar-refractivity contribution in [1.29, 1.82) is 0 Å². The van der Waals surface area contributed by atoms with E-state index in [1.54, 1.807) is 0 Å². The first-order valence-corrected chi connectivity index (χ1v) is 5.30. The predicted molar refractivity (Wildman–Crippen MR) is 56.1 cm³/mol. The Morgan fingerprint density at radius 2 is 2.00 bits per heavy atom. The van der Waals surface area contributed by atoms with Crippen molar-refractivity contribution in [2.45, 2.75) is 51.7 Å². The van der Waals surface area contributed by atoms with Gasteiger partial charge in [-0.3, -0.25) is 4.79 Å². The molecule has 0 atom stereocenters. The Kier molecular flexibility index (Phi) is 3.53. The smallest absolute Gasteiger partial charge is 0.307 e. The summed E-state index contributed by atoms with van der Waals surface area (Å²) in [7, 11) is 2.07. The van der Waals surface area contributed by atoms with Crippen LogP contribution in [0.5, 0.6) is 0 Å². The van der Waals surface area contributed by atoms with Gasteiger partial charge < -0.3 is 9.64 Å². The first-order chi connectivity index (χ1) is 6.38. The number of hydrogen-bond acceptors (Lipinski definition) is 3. The molecule has 3 heteroatoms. The molecule has 82 valence electrons. The van der Waals surface area contributed by atoms with Crippen LogP contribution in [-0.2, 0) is 9.53 Å². The third-order valence-electron chi connectivity index (χ3n) is 2.26. The van der Waals surface area contributed by atoms with Gasteiger partial charge in [-0.05, 0) is 40.7 Å². The molecule has 0 spiro atoms. The summed E-state index contributed by atoms with van der Waals surface area (Å²) in [6, 6.07) is 0.720. The number of nitrogens with zero attached hydrogens (tertiary/aromatic N) is 1. The summed E-state index contributed by atoms with van der Waals surface area (Å²) in [5.41, 5.74) is -0.352. The van der Waals surface area contributed by atoms with E-state index in [0.29, 0.717) is 6.42 Å². The van der Waals surface area contributed by atoms with Gasteiger partial charge in [0.1, 0.15) is 5.60 Å². The lowest BCUT2D eigenvalue weighted by Crippen LogP contribution is -2.28. The van der Waals surface area contributed by atoms with Crippen LogP contribution in [0.1, 0.15) is 40.0 Å². The molecule has 1 aliphatic carbocycles. The van der Waals surface area contributed by atoms with Gasteiger partial charge in [0, 0.05) is 12.6 Å². The molecule has 0 aliphatic heterocycles. The average Bonchev–Trinajstić information content (AvgIpc) is 2.78. The molecule has 14 heavy (non-hydrogen) atoms. The van der Waals surface area contributed by atoms with Crippen molar-refractivity contribution in [3.8, 4) is 0 Å². The van der Waals surface area contributed by atoms with E-state index in [9.17, 15) is 4.79 Å². The summed E-state index contributed by atoms with van der Waals surface area (Å²) in [4.78, 5) is 13.6. The Bertz CT molecular complexity index is 204. The average molecular weight is 199 g/mol. The summed E-state index contributed by atoms with van der Waals surface area (Å²) in [5.74, 6) is -0.0926. The minimum atomic E-state index is -0.352. The number of esters is 1. The van der Waals surface area contributed by atoms with Gasteiger partial charge in [0.05, 0.1) is 6.42 Å². The zero-order valence-electron chi connectivity index (χ0n) is 9.67. The lowest BCUT2D eigenvalue weighted by atomic mass is 10.2. The summed E-state index contributed by atoms with van der Waals surface area (Å²) < 4.78 is 5.22. The van der Waals surface area contributed by atoms with Gasteiger partial charge in [0.25, 0.3) is 0 Å². The van der Waals surface area contributed by atoms with E-state index in [4.69, 9.17) is 4.74 Å². The van der Waals surface area contributed by atoms with E-state index in [-0.39, 0.29) is 11.6 Å². The lowest BCUT2D eigenvalue weighted by molar-refractivity contribution is -0.155. The maximum atomic E-state index is 11.4. The third kappa shape index (κ3) is 4.61. The van der Waals surface area contributed by atoms with Crippen molar-refractivity contribution in [3.05, 3.63) is 0 Å². The van der Waals surface area contributed by atoms with Crippen LogP contribution in [-0.4, -0.2) is 36.1 Å². The van der Waals surface area contributed by atoms with Crippen LogP contribution in [0.2, 0.25) is 0 Å². The molecule has 0 heterocycles. The maximum Gasteiger partial charge on any atom is 0.307 e. The van der Waals surface area contributed by atoms with Gasteiger partial charge in [-0.15, -0.1) is 0 Å². The van der Waals surface area contributed by atoms with E-state index in [0.717, 1.165) is 12.6 Å². The largest absolute Gasteiger partial charge is 0.460 e. The highest BCUT2D eigenvalue weighted by Gasteiger charge is 2.26. The predicted octanol–water partition coefficient (Wildman–Crippen LogP) is 1.81. The molecule has 0 N–H and O–H groups in total. The van der Waals surface area contributed by atoms with Gasteiger partial charge in [-0.2, -0.15) is 0 Å². The Labute approximate surface area is 86.4 Å². The summed E-state index contributed by atoms with van der Waals surface area (Å²) >= 11 is 0. The van der Waals surface area contributed by atoms with Gasteiger partial charge in [0.15, 0.2) is 0 Å². The molecule has 0 bridgehead atoms. The molecular weight excluding hydrogens is 178 g/mol. The molecule has 0 aromatic rings. The van der Waals surface area contributed by atoms with Crippen molar-refractivity contribution in [2.24, 2.45) is 0 Å². The van der Waals surface area contributed by atoms with E-state index in [1.165, 1.54) is 12.8 Å². The molecule has 0 aromatic carbocycles. The minimum absolute atomic E-state index is 0.0926. The minimum Gasteiger partial charge on any atom is -0.460 e. The molecule has 1 rings (SSSR count). The molecule has 3 nitrogen and oxygen atoms in total. The molecule has 1 saturated carbocycles. The van der Waals surface area contributed by atoms with E-state index in [1.807, 2.05) is 20.8 Å². The lowest BCUT2D eigenvalue weighted by Gasteiger charge is -2.21. The second-order valence-electron chi connectivity index (χ2n) is 5.05. The van der Waals surface area contributed by atoms with Gasteiger partial charge >= 0.3 is 5.97 Å². The van der Waals surface area contributed by atoms with Crippen LogP contribution in [0.4, 0.5) is 0 Å². The monoisotopic (exact) mass is 199 g/mol. The zero-order chi connectivity index (χ0) is 10.8. The van der Waals surface area contributed by atoms with Crippen molar-refractivity contribution < 1.29 is 9.53 Å². The zero-order valence-corrected chi connectivity index (χ0v) is 9.67. The number of carbonyl (C=O) groups excluding carboxylic acids is 1. The number of ether oxygens (including phenoxy) is 1. The number of rotatable bonds is 4. The van der Waals surface area contributed by atoms with Gasteiger partial charge in [-0.25, -0.2) is 0 Å². The highest BCUT2D eigenvalue weighted by Crippen LogP contribution is 2.25. The molecular formula is C11H21NO2. The Hall–Kier alpha value is -0.570. The van der Waals surface area contributed by atoms with Crippen LogP contribution in [0.15, 0.2) is 0 Å². The van der Waals surface area contributed by atoms with Crippen molar-refractivity contribution in [3.63, 3.8) is 0 Å². The molecule has 0 aromatic heterocycles. The Balaban J connectivity index is 2.14. The number of hydrogen-bond donors (Lipinski definition) is 0. The summed E-state index contributed by atoms with van der Waals surface area (Å²) in [6.07, 6.45) is 3.07. The second kappa shape index (κ2) is 4.30. The molecule has 0 saturated heterocycles. The quantitative estimate of drug-likeness (QED) is 0.647. The Morgan fingerprint density at radius 3 is 2.43 bits per heavy atom. The molecule has 0 unspecified atom stereocenters. The first-order valence-electron chi connectivity index (χ1n) is 5.30. The first kappa shape index (κ1) is 11.5. The van der Waals surface area contributed by atoms with Crippen LogP contribution in [0.25, 0.3) is 0 Å². The van der Waals surface area contributed by atoms with E-state index < -0.39 is 0 Å².